The number of nitrogens with one attached hydrogen (secondary N) is 1. The maximum Gasteiger partial charge on any atom is 0.243 e. The van der Waals surface area contributed by atoms with Crippen molar-refractivity contribution in [3.8, 4) is 0 Å². The number of imide groups is 1. The predicted molar refractivity (Wildman–Crippen MR) is 158 cm³/mol. The molecule has 1 aliphatic heterocycles. The van der Waals surface area contributed by atoms with Crippen molar-refractivity contribution >= 4 is 40.9 Å². The van der Waals surface area contributed by atoms with Gasteiger partial charge in [0, 0.05) is 12.5 Å². The molecule has 3 atom stereocenters. The highest BCUT2D eigenvalue weighted by Crippen LogP contribution is 2.69. The Morgan fingerprint density at radius 1 is 0.780 bits per heavy atom. The van der Waals surface area contributed by atoms with Crippen LogP contribution in [0.1, 0.15) is 60.4 Å². The molecule has 2 bridgehead atoms. The smallest absolute Gasteiger partial charge is 0.243 e. The van der Waals surface area contributed by atoms with Crippen molar-refractivity contribution in [1.29, 1.82) is 0 Å². The topological polar surface area (TPSA) is 66.5 Å². The molecule has 1 N–H and O–H groups in total. The maximum atomic E-state index is 14.6. The van der Waals surface area contributed by atoms with Gasteiger partial charge in [-0.25, -0.2) is 0 Å². The zero-order chi connectivity index (χ0) is 28.5. The number of carbonyl (C=O) groups is 3. The van der Waals surface area contributed by atoms with E-state index in [9.17, 15) is 14.4 Å². The number of hydrogen-bond acceptors (Lipinski definition) is 3. The number of nitrogens with zero attached hydrogens (tertiary/aromatic N) is 1. The van der Waals surface area contributed by atoms with Crippen molar-refractivity contribution in [3.63, 3.8) is 0 Å². The van der Waals surface area contributed by atoms with E-state index in [-0.39, 0.29) is 18.4 Å². The van der Waals surface area contributed by atoms with Crippen LogP contribution in [0, 0.1) is 17.8 Å². The van der Waals surface area contributed by atoms with Gasteiger partial charge in [-0.1, -0.05) is 85.8 Å². The van der Waals surface area contributed by atoms with E-state index >= 15 is 0 Å². The number of rotatable bonds is 5. The standard InChI is InChI=1S/C34H32Cl2N2O3/c1-20-15-17-22(18-16-20)37-30(39)27(19-21-9-3-2-4-10-21)38-31(40)28-29(32(38)41)34(36)24-12-6-5-11-23(24)33(28,35)25-13-7-8-14-26(25)34/h2-14,20,22,27-29H,15-19H2,1H3,(H,37,39)/t20?,22?,27-,28-,29-,33?,34?/m0/s1. The van der Waals surface area contributed by atoms with Crippen molar-refractivity contribution in [2.75, 3.05) is 0 Å². The molecular formula is C34H32Cl2N2O3. The number of hydrogen-bond donors (Lipinski definition) is 1. The minimum absolute atomic E-state index is 0.0236. The maximum absolute atomic E-state index is 14.6. The van der Waals surface area contributed by atoms with E-state index in [1.807, 2.05) is 78.9 Å². The fraction of sp³-hybridized carbons (Fsp3) is 0.382. The van der Waals surface area contributed by atoms with Crippen molar-refractivity contribution in [2.24, 2.45) is 17.8 Å². The number of likely N-dealkylation sites (tertiary alicyclic amines) is 1. The summed E-state index contributed by atoms with van der Waals surface area (Å²) < 4.78 is 0. The molecule has 4 aliphatic carbocycles. The number of halogens is 2. The first-order chi connectivity index (χ1) is 19.8. The lowest BCUT2D eigenvalue weighted by Crippen LogP contribution is -2.57. The highest BCUT2D eigenvalue weighted by molar-refractivity contribution is 6.36. The van der Waals surface area contributed by atoms with Gasteiger partial charge in [0.1, 0.15) is 15.8 Å². The molecule has 0 unspecified atom stereocenters. The Bertz CT molecular complexity index is 1430. The van der Waals surface area contributed by atoms with Crippen LogP contribution in [0.3, 0.4) is 0 Å². The first kappa shape index (κ1) is 26.7. The molecule has 41 heavy (non-hydrogen) atoms. The van der Waals surface area contributed by atoms with Crippen LogP contribution in [0.2, 0.25) is 0 Å². The largest absolute Gasteiger partial charge is 0.352 e. The lowest BCUT2D eigenvalue weighted by atomic mass is 9.54. The molecule has 1 saturated heterocycles. The third-order valence-electron chi connectivity index (χ3n) is 9.87. The zero-order valence-corrected chi connectivity index (χ0v) is 24.4. The van der Waals surface area contributed by atoms with Gasteiger partial charge in [0.2, 0.25) is 17.7 Å². The molecular weight excluding hydrogens is 555 g/mol. The van der Waals surface area contributed by atoms with Crippen LogP contribution >= 0.6 is 23.2 Å². The molecule has 3 aromatic carbocycles. The Kier molecular flexibility index (Phi) is 6.33. The summed E-state index contributed by atoms with van der Waals surface area (Å²) in [4.78, 5) is 41.8. The fourth-order valence-corrected chi connectivity index (χ4v) is 8.93. The van der Waals surface area contributed by atoms with Crippen LogP contribution in [-0.2, 0) is 30.6 Å². The Morgan fingerprint density at radius 2 is 1.22 bits per heavy atom. The number of amides is 3. The van der Waals surface area contributed by atoms with Gasteiger partial charge in [-0.05, 0) is 59.4 Å². The molecule has 7 heteroatoms. The molecule has 2 fully saturated rings. The molecule has 0 radical (unpaired) electrons. The summed E-state index contributed by atoms with van der Waals surface area (Å²) in [6, 6.07) is 23.7. The Balaban J connectivity index is 1.33. The Hall–Kier alpha value is -3.15. The number of alkyl halides is 2. The quantitative estimate of drug-likeness (QED) is 0.299. The molecule has 0 spiro atoms. The van der Waals surface area contributed by atoms with E-state index in [1.165, 1.54) is 4.90 Å². The lowest BCUT2D eigenvalue weighted by molar-refractivity contribution is -0.148. The van der Waals surface area contributed by atoms with Crippen LogP contribution in [0.4, 0.5) is 0 Å². The second-order valence-corrected chi connectivity index (χ2v) is 13.4. The first-order valence-electron chi connectivity index (χ1n) is 14.5. The molecule has 8 rings (SSSR count). The van der Waals surface area contributed by atoms with Gasteiger partial charge in [-0.2, -0.15) is 0 Å². The van der Waals surface area contributed by atoms with Gasteiger partial charge in [-0.3, -0.25) is 19.3 Å². The second-order valence-electron chi connectivity index (χ2n) is 12.2. The minimum Gasteiger partial charge on any atom is -0.352 e. The molecule has 210 valence electrons. The summed E-state index contributed by atoms with van der Waals surface area (Å²) in [7, 11) is 0. The molecule has 5 nitrogen and oxygen atoms in total. The number of benzene rings is 3. The van der Waals surface area contributed by atoms with Gasteiger partial charge in [0.05, 0.1) is 11.8 Å². The molecule has 0 aromatic heterocycles. The minimum atomic E-state index is -1.27. The number of carbonyl (C=O) groups excluding carboxylic acids is 3. The van der Waals surface area contributed by atoms with E-state index in [4.69, 9.17) is 23.2 Å². The molecule has 3 aromatic rings. The average Bonchev–Trinajstić information content (AvgIpc) is 3.27. The molecule has 1 heterocycles. The monoisotopic (exact) mass is 586 g/mol. The molecule has 5 aliphatic rings. The van der Waals surface area contributed by atoms with E-state index in [1.54, 1.807) is 0 Å². The second kappa shape index (κ2) is 9.71. The van der Waals surface area contributed by atoms with Crippen LogP contribution in [0.15, 0.2) is 78.9 Å². The predicted octanol–water partition coefficient (Wildman–Crippen LogP) is 5.89. The Labute approximate surface area is 250 Å². The van der Waals surface area contributed by atoms with Crippen LogP contribution in [-0.4, -0.2) is 34.7 Å². The SMILES string of the molecule is CC1CCC(NC(=O)[C@H](Cc2ccccc2)N2C(=O)[C@@H]3[C@@H](C2=O)C2(Cl)c4ccccc4C3(Cl)c3ccccc32)CC1. The molecule has 3 amide bonds. The van der Waals surface area contributed by atoms with Crippen molar-refractivity contribution in [3.05, 3.63) is 107 Å². The van der Waals surface area contributed by atoms with Crippen molar-refractivity contribution in [1.82, 2.24) is 10.2 Å². The third kappa shape index (κ3) is 3.78. The van der Waals surface area contributed by atoms with Gasteiger partial charge in [-0.15, -0.1) is 23.2 Å². The zero-order valence-electron chi connectivity index (χ0n) is 22.9. The van der Waals surface area contributed by atoms with Crippen LogP contribution in [0.25, 0.3) is 0 Å². The lowest BCUT2D eigenvalue weighted by Gasteiger charge is -2.54. The van der Waals surface area contributed by atoms with Gasteiger partial charge < -0.3 is 5.32 Å². The van der Waals surface area contributed by atoms with Crippen molar-refractivity contribution < 1.29 is 14.4 Å². The Morgan fingerprint density at radius 3 is 1.68 bits per heavy atom. The fourth-order valence-electron chi connectivity index (χ4n) is 7.84. The summed E-state index contributed by atoms with van der Waals surface area (Å²) >= 11 is 15.2. The van der Waals surface area contributed by atoms with Crippen LogP contribution in [0.5, 0.6) is 0 Å². The van der Waals surface area contributed by atoms with Gasteiger partial charge in [0.25, 0.3) is 0 Å². The van der Waals surface area contributed by atoms with E-state index in [0.29, 0.717) is 5.92 Å². The first-order valence-corrected chi connectivity index (χ1v) is 15.3. The van der Waals surface area contributed by atoms with E-state index in [2.05, 4.69) is 12.2 Å². The van der Waals surface area contributed by atoms with Crippen molar-refractivity contribution in [2.45, 2.75) is 60.9 Å². The summed E-state index contributed by atoms with van der Waals surface area (Å²) in [5, 5.41) is 3.20. The van der Waals surface area contributed by atoms with Gasteiger partial charge >= 0.3 is 0 Å². The van der Waals surface area contributed by atoms with E-state index in [0.717, 1.165) is 53.5 Å². The third-order valence-corrected chi connectivity index (χ3v) is 11.2. The average molecular weight is 588 g/mol. The molecule has 1 saturated carbocycles. The highest BCUT2D eigenvalue weighted by atomic mass is 35.5. The van der Waals surface area contributed by atoms with Crippen LogP contribution < -0.4 is 5.32 Å². The normalized spacial score (nSPS) is 32.2. The van der Waals surface area contributed by atoms with Gasteiger partial charge in [0.15, 0.2) is 0 Å². The summed E-state index contributed by atoms with van der Waals surface area (Å²) in [6.45, 7) is 2.23. The summed E-state index contributed by atoms with van der Waals surface area (Å²) in [6.07, 6.45) is 4.08. The van der Waals surface area contributed by atoms with E-state index < -0.39 is 39.4 Å². The summed E-state index contributed by atoms with van der Waals surface area (Å²) in [5.41, 5.74) is 3.87. The summed E-state index contributed by atoms with van der Waals surface area (Å²) in [5.74, 6) is -2.40. The highest BCUT2D eigenvalue weighted by Gasteiger charge is 2.73.